The van der Waals surface area contributed by atoms with Gasteiger partial charge in [0.1, 0.15) is 6.10 Å². The first-order chi connectivity index (χ1) is 12.3. The predicted molar refractivity (Wildman–Crippen MR) is 104 cm³/mol. The number of aliphatic hydroxyl groups is 1. The van der Waals surface area contributed by atoms with E-state index in [1.54, 1.807) is 0 Å². The molecule has 3 rings (SSSR count). The van der Waals surface area contributed by atoms with Crippen molar-refractivity contribution in [2.24, 2.45) is 23.7 Å². The van der Waals surface area contributed by atoms with Crippen LogP contribution in [0.3, 0.4) is 0 Å². The molecule has 1 N–H and O–H groups in total. The minimum absolute atomic E-state index is 0.161. The molecule has 0 aromatic heterocycles. The number of rotatable bonds is 4. The lowest BCUT2D eigenvalue weighted by atomic mass is 9.57. The minimum Gasteiger partial charge on any atom is -0.458 e. The second-order valence-corrected chi connectivity index (χ2v) is 8.87. The van der Waals surface area contributed by atoms with Gasteiger partial charge in [0.05, 0.1) is 5.60 Å². The molecule has 1 fully saturated rings. The SMILES string of the molecule is CC(=O)O[C@@H]1C[C@@]2(O)[C@H](C)CC[C@@H](C(C)CN3CC=CCC3)[C@H]2C=C1C. The van der Waals surface area contributed by atoms with Crippen LogP contribution < -0.4 is 0 Å². The molecule has 1 saturated carbocycles. The fourth-order valence-electron chi connectivity index (χ4n) is 5.40. The summed E-state index contributed by atoms with van der Waals surface area (Å²) in [5.41, 5.74) is 0.334. The molecule has 0 saturated heterocycles. The van der Waals surface area contributed by atoms with E-state index in [2.05, 4.69) is 37.0 Å². The molecule has 6 atom stereocenters. The summed E-state index contributed by atoms with van der Waals surface area (Å²) >= 11 is 0. The predicted octanol–water partition coefficient (Wildman–Crippen LogP) is 3.56. The van der Waals surface area contributed by atoms with Crippen molar-refractivity contribution in [3.63, 3.8) is 0 Å². The van der Waals surface area contributed by atoms with Gasteiger partial charge < -0.3 is 9.84 Å². The normalized spacial score (nSPS) is 39.0. The lowest BCUT2D eigenvalue weighted by Gasteiger charge is -2.53. The topological polar surface area (TPSA) is 49.8 Å². The molecule has 4 nitrogen and oxygen atoms in total. The van der Waals surface area contributed by atoms with Gasteiger partial charge in [-0.05, 0) is 49.5 Å². The molecule has 0 amide bonds. The highest BCUT2D eigenvalue weighted by atomic mass is 16.5. The number of hydrogen-bond acceptors (Lipinski definition) is 4. The van der Waals surface area contributed by atoms with E-state index in [0.717, 1.165) is 38.0 Å². The highest BCUT2D eigenvalue weighted by Gasteiger charge is 2.52. The van der Waals surface area contributed by atoms with E-state index < -0.39 is 5.60 Å². The zero-order valence-corrected chi connectivity index (χ0v) is 16.8. The van der Waals surface area contributed by atoms with Crippen LogP contribution in [-0.4, -0.2) is 47.3 Å². The molecule has 3 aliphatic rings. The van der Waals surface area contributed by atoms with Crippen LogP contribution in [-0.2, 0) is 9.53 Å². The Morgan fingerprint density at radius 1 is 1.42 bits per heavy atom. The molecule has 0 aromatic rings. The fourth-order valence-corrected chi connectivity index (χ4v) is 5.40. The van der Waals surface area contributed by atoms with Gasteiger partial charge in [-0.1, -0.05) is 32.1 Å². The van der Waals surface area contributed by atoms with Crippen molar-refractivity contribution in [3.05, 3.63) is 23.8 Å². The van der Waals surface area contributed by atoms with Gasteiger partial charge in [0, 0.05) is 38.9 Å². The summed E-state index contributed by atoms with van der Waals surface area (Å²) in [6, 6.07) is 0. The Labute approximate surface area is 158 Å². The first-order valence-electron chi connectivity index (χ1n) is 10.3. The summed E-state index contributed by atoms with van der Waals surface area (Å²) in [5.74, 6) is 1.15. The summed E-state index contributed by atoms with van der Waals surface area (Å²) in [6.07, 6.45) is 10.4. The van der Waals surface area contributed by atoms with Crippen LogP contribution in [0.25, 0.3) is 0 Å². The van der Waals surface area contributed by atoms with Gasteiger partial charge >= 0.3 is 5.97 Å². The Bertz CT molecular complexity index is 584. The van der Waals surface area contributed by atoms with Crippen molar-refractivity contribution < 1.29 is 14.6 Å². The van der Waals surface area contributed by atoms with E-state index in [4.69, 9.17) is 4.74 Å². The van der Waals surface area contributed by atoms with Crippen molar-refractivity contribution in [1.82, 2.24) is 4.90 Å². The molecule has 0 bridgehead atoms. The van der Waals surface area contributed by atoms with Gasteiger partial charge in [0.2, 0.25) is 0 Å². The van der Waals surface area contributed by atoms with Gasteiger partial charge in [0.25, 0.3) is 0 Å². The summed E-state index contributed by atoms with van der Waals surface area (Å²) in [6.45, 7) is 11.3. The first kappa shape index (κ1) is 19.6. The summed E-state index contributed by atoms with van der Waals surface area (Å²) < 4.78 is 5.50. The lowest BCUT2D eigenvalue weighted by molar-refractivity contribution is -0.159. The van der Waals surface area contributed by atoms with Gasteiger partial charge in [-0.25, -0.2) is 0 Å². The maximum Gasteiger partial charge on any atom is 0.303 e. The molecular formula is C22H35NO3. The smallest absolute Gasteiger partial charge is 0.303 e. The monoisotopic (exact) mass is 361 g/mol. The highest BCUT2D eigenvalue weighted by molar-refractivity contribution is 5.66. The summed E-state index contributed by atoms with van der Waals surface area (Å²) in [4.78, 5) is 14.0. The Hall–Kier alpha value is -1.13. The maximum absolute atomic E-state index is 11.6. The van der Waals surface area contributed by atoms with E-state index in [0.29, 0.717) is 18.3 Å². The molecule has 0 radical (unpaired) electrons. The summed E-state index contributed by atoms with van der Waals surface area (Å²) in [7, 11) is 0. The average Bonchev–Trinajstić information content (AvgIpc) is 2.58. The zero-order valence-electron chi connectivity index (χ0n) is 16.8. The lowest BCUT2D eigenvalue weighted by Crippen LogP contribution is -2.56. The van der Waals surface area contributed by atoms with Crippen LogP contribution in [0.15, 0.2) is 23.8 Å². The second-order valence-electron chi connectivity index (χ2n) is 8.87. The number of nitrogens with zero attached hydrogens (tertiary/aromatic N) is 1. The average molecular weight is 362 g/mol. The van der Waals surface area contributed by atoms with Crippen LogP contribution in [0.5, 0.6) is 0 Å². The number of esters is 1. The minimum atomic E-state index is -0.765. The van der Waals surface area contributed by atoms with E-state index in [1.165, 1.54) is 13.3 Å². The quantitative estimate of drug-likeness (QED) is 0.614. The fraction of sp³-hybridized carbons (Fsp3) is 0.773. The van der Waals surface area contributed by atoms with Crippen molar-refractivity contribution in [2.75, 3.05) is 19.6 Å². The molecule has 2 aliphatic carbocycles. The molecule has 1 aliphatic heterocycles. The molecule has 26 heavy (non-hydrogen) atoms. The molecular weight excluding hydrogens is 326 g/mol. The largest absolute Gasteiger partial charge is 0.458 e. The Balaban J connectivity index is 1.78. The number of ether oxygens (including phenoxy) is 1. The molecule has 1 unspecified atom stereocenters. The second kappa shape index (κ2) is 7.85. The van der Waals surface area contributed by atoms with E-state index in [1.807, 2.05) is 6.92 Å². The maximum atomic E-state index is 11.6. The number of fused-ring (bicyclic) bond motifs is 1. The van der Waals surface area contributed by atoms with E-state index in [-0.39, 0.29) is 23.9 Å². The van der Waals surface area contributed by atoms with Crippen LogP contribution in [0.4, 0.5) is 0 Å². The van der Waals surface area contributed by atoms with Crippen LogP contribution in [0.1, 0.15) is 53.4 Å². The van der Waals surface area contributed by atoms with Crippen molar-refractivity contribution >= 4 is 5.97 Å². The molecule has 146 valence electrons. The molecule has 1 heterocycles. The van der Waals surface area contributed by atoms with Crippen LogP contribution in [0.2, 0.25) is 0 Å². The van der Waals surface area contributed by atoms with Crippen molar-refractivity contribution in [1.29, 1.82) is 0 Å². The van der Waals surface area contributed by atoms with E-state index >= 15 is 0 Å². The molecule has 4 heteroatoms. The zero-order chi connectivity index (χ0) is 18.9. The Kier molecular flexibility index (Phi) is 5.93. The first-order valence-corrected chi connectivity index (χ1v) is 10.3. The van der Waals surface area contributed by atoms with Crippen molar-refractivity contribution in [3.8, 4) is 0 Å². The van der Waals surface area contributed by atoms with E-state index in [9.17, 15) is 9.90 Å². The van der Waals surface area contributed by atoms with Gasteiger partial charge in [0.15, 0.2) is 0 Å². The highest BCUT2D eigenvalue weighted by Crippen LogP contribution is 2.51. The van der Waals surface area contributed by atoms with Gasteiger partial charge in [-0.15, -0.1) is 0 Å². The molecule has 0 spiro atoms. The third kappa shape index (κ3) is 3.91. The van der Waals surface area contributed by atoms with Gasteiger partial charge in [-0.3, -0.25) is 9.69 Å². The Morgan fingerprint density at radius 3 is 2.85 bits per heavy atom. The van der Waals surface area contributed by atoms with Crippen molar-refractivity contribution in [2.45, 2.75) is 65.1 Å². The van der Waals surface area contributed by atoms with Crippen LogP contribution >= 0.6 is 0 Å². The Morgan fingerprint density at radius 2 is 2.19 bits per heavy atom. The number of hydrogen-bond donors (Lipinski definition) is 1. The third-order valence-corrected chi connectivity index (χ3v) is 7.02. The third-order valence-electron chi connectivity index (χ3n) is 7.02. The number of carbonyl (C=O) groups is 1. The van der Waals surface area contributed by atoms with Gasteiger partial charge in [-0.2, -0.15) is 0 Å². The number of carbonyl (C=O) groups excluding carboxylic acids is 1. The standard InChI is InChI=1S/C22H35NO3/c1-15-12-20-19(16(2)14-23-10-6-5-7-11-23)9-8-17(3)22(20,25)13-21(15)26-18(4)24/h5-6,12,16-17,19-21,25H,7-11,13-14H2,1-4H3/t16?,17-,19+,20-,21-,22-/m1/s1. The summed E-state index contributed by atoms with van der Waals surface area (Å²) in [5, 5.41) is 11.6. The molecule has 0 aromatic carbocycles. The van der Waals surface area contributed by atoms with Crippen LogP contribution in [0, 0.1) is 23.7 Å².